The number of nitrogens with zero attached hydrogens (tertiary/aromatic N) is 2. The molecule has 110 valence electrons. The molecule has 4 N–H and O–H groups in total. The maximum Gasteiger partial charge on any atom is 0.208 e. The lowest BCUT2D eigenvalue weighted by molar-refractivity contribution is 0.0922. The molecule has 0 aliphatic carbocycles. The van der Waals surface area contributed by atoms with Crippen LogP contribution in [0.25, 0.3) is 0 Å². The van der Waals surface area contributed by atoms with Gasteiger partial charge in [0.25, 0.3) is 0 Å². The Labute approximate surface area is 122 Å². The predicted octanol–water partition coefficient (Wildman–Crippen LogP) is 0.909. The summed E-state index contributed by atoms with van der Waals surface area (Å²) in [6.45, 7) is 1.61. The molecule has 1 aliphatic heterocycles. The number of aromatic nitrogens is 1. The summed E-state index contributed by atoms with van der Waals surface area (Å²) in [5, 5.41) is 12.9. The van der Waals surface area contributed by atoms with Crippen LogP contribution in [0.3, 0.4) is 0 Å². The van der Waals surface area contributed by atoms with Crippen molar-refractivity contribution in [3.05, 3.63) is 16.6 Å². The van der Waals surface area contributed by atoms with Crippen molar-refractivity contribution in [2.45, 2.75) is 25.3 Å². The van der Waals surface area contributed by atoms with Gasteiger partial charge in [-0.1, -0.05) is 0 Å². The summed E-state index contributed by atoms with van der Waals surface area (Å²) >= 11 is 1.39. The van der Waals surface area contributed by atoms with Crippen molar-refractivity contribution in [3.8, 4) is 0 Å². The van der Waals surface area contributed by atoms with E-state index < -0.39 is 0 Å². The minimum absolute atomic E-state index is 0.0801. The van der Waals surface area contributed by atoms with Crippen molar-refractivity contribution in [2.24, 2.45) is 11.7 Å². The van der Waals surface area contributed by atoms with Crippen molar-refractivity contribution in [2.75, 3.05) is 20.1 Å². The molecule has 1 saturated heterocycles. The fourth-order valence-electron chi connectivity index (χ4n) is 2.59. The van der Waals surface area contributed by atoms with Gasteiger partial charge >= 0.3 is 0 Å². The van der Waals surface area contributed by atoms with Gasteiger partial charge in [-0.25, -0.2) is 4.98 Å². The SMILES string of the molecule is CNC(CC1CCN(C(=N)N)CC1)C(=O)c1nccs1. The summed E-state index contributed by atoms with van der Waals surface area (Å²) < 4.78 is 0. The van der Waals surface area contributed by atoms with E-state index in [9.17, 15) is 4.79 Å². The first-order valence-electron chi connectivity index (χ1n) is 6.81. The highest BCUT2D eigenvalue weighted by molar-refractivity contribution is 7.11. The van der Waals surface area contributed by atoms with Crippen LogP contribution >= 0.6 is 11.3 Å². The normalized spacial score (nSPS) is 17.9. The molecule has 1 aliphatic rings. The van der Waals surface area contributed by atoms with Gasteiger partial charge in [-0.3, -0.25) is 10.2 Å². The number of thiazole rings is 1. The standard InChI is InChI=1S/C13H21N5OS/c1-16-10(11(19)12-17-4-7-20-12)8-9-2-5-18(6-3-9)13(14)15/h4,7,9-10,16H,2-3,5-6,8H2,1H3,(H3,14,15). The molecule has 0 saturated carbocycles. The Hall–Kier alpha value is -1.47. The molecular weight excluding hydrogens is 274 g/mol. The summed E-state index contributed by atoms with van der Waals surface area (Å²) in [5.41, 5.74) is 5.49. The monoisotopic (exact) mass is 295 g/mol. The van der Waals surface area contributed by atoms with Crippen LogP contribution in [-0.2, 0) is 0 Å². The Bertz CT molecular complexity index is 453. The van der Waals surface area contributed by atoms with Gasteiger partial charge in [0.05, 0.1) is 6.04 Å². The number of Topliss-reactive ketones (excluding diaryl/α,β-unsaturated/α-hetero) is 1. The Kier molecular flexibility index (Phi) is 5.08. The van der Waals surface area contributed by atoms with Crippen LogP contribution < -0.4 is 11.1 Å². The van der Waals surface area contributed by atoms with Crippen LogP contribution in [0.15, 0.2) is 11.6 Å². The highest BCUT2D eigenvalue weighted by Gasteiger charge is 2.27. The molecule has 7 heteroatoms. The van der Waals surface area contributed by atoms with Crippen LogP contribution in [0.1, 0.15) is 29.1 Å². The minimum atomic E-state index is -0.171. The van der Waals surface area contributed by atoms with E-state index in [0.29, 0.717) is 10.9 Å². The summed E-state index contributed by atoms with van der Waals surface area (Å²) in [5.74, 6) is 0.718. The molecule has 0 radical (unpaired) electrons. The van der Waals surface area contributed by atoms with Gasteiger partial charge < -0.3 is 16.0 Å². The van der Waals surface area contributed by atoms with Gasteiger partial charge in [-0.2, -0.15) is 0 Å². The van der Waals surface area contributed by atoms with Gasteiger partial charge in [0.2, 0.25) is 5.78 Å². The third-order valence-electron chi connectivity index (χ3n) is 3.83. The van der Waals surface area contributed by atoms with Gasteiger partial charge in [0.15, 0.2) is 11.0 Å². The number of hydrogen-bond acceptors (Lipinski definition) is 5. The number of nitrogens with one attached hydrogen (secondary N) is 2. The van der Waals surface area contributed by atoms with Crippen molar-refractivity contribution in [1.82, 2.24) is 15.2 Å². The van der Waals surface area contributed by atoms with Crippen LogP contribution in [0, 0.1) is 11.3 Å². The summed E-state index contributed by atoms with van der Waals surface area (Å²) in [6, 6.07) is -0.171. The molecule has 1 fully saturated rings. The molecule has 0 amide bonds. The first-order chi connectivity index (χ1) is 9.61. The molecule has 6 nitrogen and oxygen atoms in total. The number of piperidine rings is 1. The Balaban J connectivity index is 1.88. The smallest absolute Gasteiger partial charge is 0.208 e. The Morgan fingerprint density at radius 3 is 2.85 bits per heavy atom. The lowest BCUT2D eigenvalue weighted by atomic mass is 9.89. The number of rotatable bonds is 5. The van der Waals surface area contributed by atoms with Crippen LogP contribution in [0.5, 0.6) is 0 Å². The number of nitrogens with two attached hydrogens (primary N) is 1. The van der Waals surface area contributed by atoms with Gasteiger partial charge in [0, 0.05) is 24.7 Å². The molecule has 0 spiro atoms. The van der Waals surface area contributed by atoms with Gasteiger partial charge in [-0.15, -0.1) is 11.3 Å². The zero-order chi connectivity index (χ0) is 14.5. The Morgan fingerprint density at radius 2 is 2.35 bits per heavy atom. The van der Waals surface area contributed by atoms with E-state index in [1.807, 2.05) is 17.3 Å². The van der Waals surface area contributed by atoms with Crippen molar-refractivity contribution < 1.29 is 4.79 Å². The fraction of sp³-hybridized carbons (Fsp3) is 0.615. The van der Waals surface area contributed by atoms with Crippen LogP contribution in [-0.4, -0.2) is 47.8 Å². The number of ketones is 1. The third kappa shape index (κ3) is 3.55. The number of carbonyl (C=O) groups excluding carboxylic acids is 1. The molecule has 1 aromatic rings. The fourth-order valence-corrected chi connectivity index (χ4v) is 3.22. The second kappa shape index (κ2) is 6.81. The van der Waals surface area contributed by atoms with E-state index in [1.54, 1.807) is 6.20 Å². The largest absolute Gasteiger partial charge is 0.370 e. The maximum atomic E-state index is 12.3. The summed E-state index contributed by atoms with van der Waals surface area (Å²) in [7, 11) is 1.82. The highest BCUT2D eigenvalue weighted by atomic mass is 32.1. The number of likely N-dealkylation sites (tertiary alicyclic amines) is 1. The number of guanidine groups is 1. The number of likely N-dealkylation sites (N-methyl/N-ethyl adjacent to an activating group) is 1. The lowest BCUT2D eigenvalue weighted by Crippen LogP contribution is -2.44. The van der Waals surface area contributed by atoms with Gasteiger partial charge in [0.1, 0.15) is 0 Å². The number of hydrogen-bond donors (Lipinski definition) is 3. The average molecular weight is 295 g/mol. The first kappa shape index (κ1) is 14.9. The molecule has 20 heavy (non-hydrogen) atoms. The second-order valence-electron chi connectivity index (χ2n) is 5.09. The molecule has 2 rings (SSSR count). The predicted molar refractivity (Wildman–Crippen MR) is 80.1 cm³/mol. The summed E-state index contributed by atoms with van der Waals surface area (Å²) in [4.78, 5) is 18.3. The second-order valence-corrected chi connectivity index (χ2v) is 5.99. The quantitative estimate of drug-likeness (QED) is 0.426. The van der Waals surface area contributed by atoms with E-state index >= 15 is 0 Å². The first-order valence-corrected chi connectivity index (χ1v) is 7.69. The van der Waals surface area contributed by atoms with Crippen LogP contribution in [0.2, 0.25) is 0 Å². The Morgan fingerprint density at radius 1 is 1.65 bits per heavy atom. The topological polar surface area (TPSA) is 95.1 Å². The van der Waals surface area contributed by atoms with E-state index in [2.05, 4.69) is 10.3 Å². The van der Waals surface area contributed by atoms with E-state index in [0.717, 1.165) is 32.4 Å². The van der Waals surface area contributed by atoms with E-state index in [4.69, 9.17) is 11.1 Å². The zero-order valence-electron chi connectivity index (χ0n) is 11.6. The third-order valence-corrected chi connectivity index (χ3v) is 4.62. The molecule has 2 heterocycles. The molecule has 1 atom stereocenters. The molecule has 1 aromatic heterocycles. The van der Waals surface area contributed by atoms with Crippen molar-refractivity contribution in [3.63, 3.8) is 0 Å². The lowest BCUT2D eigenvalue weighted by Gasteiger charge is -2.33. The number of carbonyl (C=O) groups is 1. The molecule has 1 unspecified atom stereocenters. The van der Waals surface area contributed by atoms with Crippen LogP contribution in [0.4, 0.5) is 0 Å². The van der Waals surface area contributed by atoms with Gasteiger partial charge in [-0.05, 0) is 32.2 Å². The van der Waals surface area contributed by atoms with Crippen molar-refractivity contribution >= 4 is 23.1 Å². The van der Waals surface area contributed by atoms with Crippen molar-refractivity contribution in [1.29, 1.82) is 5.41 Å². The minimum Gasteiger partial charge on any atom is -0.370 e. The van der Waals surface area contributed by atoms with E-state index in [-0.39, 0.29) is 17.8 Å². The zero-order valence-corrected chi connectivity index (χ0v) is 12.4. The average Bonchev–Trinajstić information content (AvgIpc) is 2.98. The molecule has 0 bridgehead atoms. The van der Waals surface area contributed by atoms with E-state index in [1.165, 1.54) is 11.3 Å². The highest BCUT2D eigenvalue weighted by Crippen LogP contribution is 2.23. The maximum absolute atomic E-state index is 12.3. The molecular formula is C13H21N5OS. The molecule has 0 aromatic carbocycles. The summed E-state index contributed by atoms with van der Waals surface area (Å²) in [6.07, 6.45) is 4.43.